The summed E-state index contributed by atoms with van der Waals surface area (Å²) in [4.78, 5) is 29.6. The van der Waals surface area contributed by atoms with Gasteiger partial charge >= 0.3 is 5.97 Å². The largest absolute Gasteiger partial charge is 0.488 e. The van der Waals surface area contributed by atoms with E-state index >= 15 is 0 Å². The van der Waals surface area contributed by atoms with Gasteiger partial charge in [-0.1, -0.05) is 161 Å². The van der Waals surface area contributed by atoms with Gasteiger partial charge in [0.15, 0.2) is 0 Å². The number of nitrogens with zero attached hydrogens (tertiary/aromatic N) is 2. The molecule has 0 rings (SSSR count). The first kappa shape index (κ1) is 48.5. The number of unbranched alkanes of at least 4 members (excludes halogenated alkanes) is 20. The second kappa shape index (κ2) is 37.3. The predicted molar refractivity (Wildman–Crippen MR) is 219 cm³/mol. The quantitative estimate of drug-likeness (QED) is 0.0297. The zero-order chi connectivity index (χ0) is 37.6. The minimum absolute atomic E-state index is 0. The number of allylic oxidation sites excluding steroid dienone is 2. The van der Waals surface area contributed by atoms with Gasteiger partial charge in [0, 0.05) is 40.2 Å². The molecule has 0 heterocycles. The lowest BCUT2D eigenvalue weighted by Crippen LogP contribution is -2.37. The van der Waals surface area contributed by atoms with Crippen molar-refractivity contribution in [2.24, 2.45) is 0 Å². The Morgan fingerprint density at radius 2 is 1.02 bits per heavy atom. The lowest BCUT2D eigenvalue weighted by atomic mass is 10.1. The third kappa shape index (κ3) is 33.1. The SMILES string of the molecule is C=C=C(CCC(=O)N(CCOC(=O)CCCCCCCCCCCCC)CCOC(=C=C)CCCCCCCCCCCCC)NCCN(C)C.[HH]. The first-order valence-electron chi connectivity index (χ1n) is 21.1. The van der Waals surface area contributed by atoms with Gasteiger partial charge in [-0.25, -0.2) is 0 Å². The zero-order valence-electron chi connectivity index (χ0n) is 34.1. The first-order valence-corrected chi connectivity index (χ1v) is 21.1. The van der Waals surface area contributed by atoms with Gasteiger partial charge in [-0.05, 0) is 26.9 Å². The number of nitrogens with one attached hydrogen (secondary N) is 1. The molecule has 0 aromatic rings. The Balaban J connectivity index is 0. The maximum absolute atomic E-state index is 13.3. The highest BCUT2D eigenvalue weighted by atomic mass is 16.5. The van der Waals surface area contributed by atoms with E-state index in [1.165, 1.54) is 122 Å². The molecule has 7 nitrogen and oxygen atoms in total. The van der Waals surface area contributed by atoms with Crippen molar-refractivity contribution in [1.82, 2.24) is 15.1 Å². The Hall–Kier alpha value is -2.46. The Bertz CT molecular complexity index is 944. The maximum atomic E-state index is 13.3. The number of amides is 1. The van der Waals surface area contributed by atoms with Crippen LogP contribution >= 0.6 is 0 Å². The molecule has 0 radical (unpaired) electrons. The summed E-state index contributed by atoms with van der Waals surface area (Å²) in [6, 6.07) is 0. The molecule has 0 aromatic heterocycles. The van der Waals surface area contributed by atoms with E-state index in [-0.39, 0.29) is 19.9 Å². The van der Waals surface area contributed by atoms with Gasteiger partial charge < -0.3 is 24.6 Å². The van der Waals surface area contributed by atoms with Crippen LogP contribution in [-0.4, -0.2) is 75.2 Å². The number of rotatable bonds is 38. The van der Waals surface area contributed by atoms with Crippen LogP contribution in [0.25, 0.3) is 0 Å². The minimum Gasteiger partial charge on any atom is -0.488 e. The number of hydrogen-bond acceptors (Lipinski definition) is 6. The number of carbonyl (C=O) groups is 2. The molecule has 298 valence electrons. The van der Waals surface area contributed by atoms with E-state index < -0.39 is 0 Å². The Morgan fingerprint density at radius 1 is 0.569 bits per heavy atom. The van der Waals surface area contributed by atoms with Crippen molar-refractivity contribution in [1.29, 1.82) is 0 Å². The van der Waals surface area contributed by atoms with Crippen LogP contribution in [0.5, 0.6) is 0 Å². The van der Waals surface area contributed by atoms with Crippen LogP contribution in [0.4, 0.5) is 0 Å². The summed E-state index contributed by atoms with van der Waals surface area (Å²) in [5.41, 5.74) is 6.74. The molecule has 0 bridgehead atoms. The molecular weight excluding hydrogens is 635 g/mol. The van der Waals surface area contributed by atoms with Gasteiger partial charge in [0.2, 0.25) is 5.91 Å². The van der Waals surface area contributed by atoms with E-state index in [0.717, 1.165) is 50.2 Å². The molecule has 1 amide bonds. The highest BCUT2D eigenvalue weighted by Gasteiger charge is 2.16. The van der Waals surface area contributed by atoms with Crippen molar-refractivity contribution >= 4 is 11.9 Å². The Morgan fingerprint density at radius 3 is 1.47 bits per heavy atom. The minimum atomic E-state index is -0.180. The summed E-state index contributed by atoms with van der Waals surface area (Å²) >= 11 is 0. The molecule has 0 aliphatic carbocycles. The smallest absolute Gasteiger partial charge is 0.305 e. The molecule has 0 aromatic carbocycles. The number of carbonyl (C=O) groups excluding carboxylic acids is 2. The van der Waals surface area contributed by atoms with Crippen molar-refractivity contribution < 1.29 is 20.5 Å². The van der Waals surface area contributed by atoms with Gasteiger partial charge in [-0.2, -0.15) is 0 Å². The first-order chi connectivity index (χ1) is 24.9. The van der Waals surface area contributed by atoms with Crippen molar-refractivity contribution in [2.45, 2.75) is 181 Å². The highest BCUT2D eigenvalue weighted by Crippen LogP contribution is 2.15. The summed E-state index contributed by atoms with van der Waals surface area (Å²) in [5.74, 6) is 0.579. The second-order valence-corrected chi connectivity index (χ2v) is 14.5. The van der Waals surface area contributed by atoms with Crippen molar-refractivity contribution in [3.63, 3.8) is 0 Å². The van der Waals surface area contributed by atoms with E-state index in [1.807, 2.05) is 14.1 Å². The average molecular weight is 718 g/mol. The van der Waals surface area contributed by atoms with E-state index in [2.05, 4.69) is 48.7 Å². The molecule has 0 unspecified atom stereocenters. The fourth-order valence-electron chi connectivity index (χ4n) is 6.14. The fourth-order valence-corrected chi connectivity index (χ4v) is 6.14. The van der Waals surface area contributed by atoms with Crippen LogP contribution in [0.2, 0.25) is 0 Å². The van der Waals surface area contributed by atoms with E-state index in [0.29, 0.717) is 39.0 Å². The second-order valence-electron chi connectivity index (χ2n) is 14.5. The predicted octanol–water partition coefficient (Wildman–Crippen LogP) is 11.3. The average Bonchev–Trinajstić information content (AvgIpc) is 3.12. The Labute approximate surface area is 317 Å². The summed E-state index contributed by atoms with van der Waals surface area (Å²) in [6.45, 7) is 15.1. The molecule has 0 saturated heterocycles. The molecule has 0 spiro atoms. The van der Waals surface area contributed by atoms with Crippen LogP contribution in [0, 0.1) is 0 Å². The lowest BCUT2D eigenvalue weighted by Gasteiger charge is -2.23. The molecule has 51 heavy (non-hydrogen) atoms. The summed E-state index contributed by atoms with van der Waals surface area (Å²) in [6.07, 6.45) is 30.1. The van der Waals surface area contributed by atoms with E-state index in [1.54, 1.807) is 4.90 Å². The number of ether oxygens (including phenoxy) is 2. The van der Waals surface area contributed by atoms with Gasteiger partial charge in [0.05, 0.1) is 18.8 Å². The van der Waals surface area contributed by atoms with Crippen LogP contribution in [-0.2, 0) is 19.1 Å². The van der Waals surface area contributed by atoms with Gasteiger partial charge in [-0.15, -0.1) is 5.73 Å². The maximum Gasteiger partial charge on any atom is 0.305 e. The molecule has 0 aliphatic rings. The number of likely N-dealkylation sites (N-methyl/N-ethyl adjacent to an activating group) is 1. The normalized spacial score (nSPS) is 10.8. The molecule has 0 aliphatic heterocycles. The third-order valence-electron chi connectivity index (χ3n) is 9.50. The highest BCUT2D eigenvalue weighted by molar-refractivity contribution is 5.76. The van der Waals surface area contributed by atoms with Crippen molar-refractivity contribution in [2.75, 3.05) is 53.5 Å². The fraction of sp³-hybridized carbons (Fsp3) is 0.818. The van der Waals surface area contributed by atoms with Gasteiger partial charge in [-0.3, -0.25) is 9.59 Å². The van der Waals surface area contributed by atoms with Crippen LogP contribution in [0.1, 0.15) is 182 Å². The Kier molecular flexibility index (Phi) is 35.5. The van der Waals surface area contributed by atoms with Crippen molar-refractivity contribution in [3.05, 3.63) is 36.1 Å². The summed E-state index contributed by atoms with van der Waals surface area (Å²) < 4.78 is 11.6. The number of esters is 1. The molecule has 1 N–H and O–H groups in total. The van der Waals surface area contributed by atoms with E-state index in [9.17, 15) is 9.59 Å². The van der Waals surface area contributed by atoms with Crippen LogP contribution in [0.15, 0.2) is 36.1 Å². The molecule has 0 fully saturated rings. The lowest BCUT2D eigenvalue weighted by molar-refractivity contribution is -0.146. The van der Waals surface area contributed by atoms with Gasteiger partial charge in [0.1, 0.15) is 19.0 Å². The number of hydrogen-bond donors (Lipinski definition) is 1. The molecular formula is C44H83N3O4. The molecule has 0 saturated carbocycles. The van der Waals surface area contributed by atoms with Gasteiger partial charge in [0.25, 0.3) is 0 Å². The zero-order valence-corrected chi connectivity index (χ0v) is 34.1. The van der Waals surface area contributed by atoms with Crippen molar-refractivity contribution in [3.8, 4) is 0 Å². The summed E-state index contributed by atoms with van der Waals surface area (Å²) in [7, 11) is 4.05. The monoisotopic (exact) mass is 718 g/mol. The standard InChI is InChI=1S/C44H81N3O4.H2/c1-7-11-13-15-17-19-21-23-25-27-29-31-42(10-4)50-39-37-47(43(48)34-33-41(9-3)45-35-36-46(5)6)38-40-51-44(49)32-30-28-26-24-22-20-18-16-14-12-8-2;/h45H,3-4,7-8,11-40H2,1-2,5-6H3;1H. The van der Waals surface area contributed by atoms with Crippen LogP contribution in [0.3, 0.4) is 0 Å². The molecule has 7 heteroatoms. The summed E-state index contributed by atoms with van der Waals surface area (Å²) in [5, 5.41) is 3.33. The molecule has 0 atom stereocenters. The van der Waals surface area contributed by atoms with Crippen LogP contribution < -0.4 is 5.32 Å². The van der Waals surface area contributed by atoms with E-state index in [4.69, 9.17) is 9.47 Å². The third-order valence-corrected chi connectivity index (χ3v) is 9.50. The topological polar surface area (TPSA) is 71.1 Å².